The predicted octanol–water partition coefficient (Wildman–Crippen LogP) is 3.17. The van der Waals surface area contributed by atoms with Gasteiger partial charge in [-0.3, -0.25) is 0 Å². The summed E-state index contributed by atoms with van der Waals surface area (Å²) in [6.45, 7) is 6.85. The zero-order valence-corrected chi connectivity index (χ0v) is 11.6. The van der Waals surface area contributed by atoms with Gasteiger partial charge in [-0.2, -0.15) is 0 Å². The van der Waals surface area contributed by atoms with Crippen LogP contribution in [-0.4, -0.2) is 24.9 Å². The lowest BCUT2D eigenvalue weighted by Gasteiger charge is -2.24. The predicted molar refractivity (Wildman–Crippen MR) is 71.4 cm³/mol. The second kappa shape index (κ2) is 6.52. The van der Waals surface area contributed by atoms with Gasteiger partial charge in [-0.05, 0) is 33.3 Å². The highest BCUT2D eigenvalue weighted by molar-refractivity contribution is 5.98. The first-order chi connectivity index (χ1) is 8.42. The molecule has 1 atom stereocenters. The van der Waals surface area contributed by atoms with Gasteiger partial charge in [0.1, 0.15) is 0 Å². The van der Waals surface area contributed by atoms with E-state index in [4.69, 9.17) is 14.3 Å². The maximum Gasteiger partial charge on any atom is 0.339 e. The zero-order chi connectivity index (χ0) is 13.6. The number of hydrogen-bond donors (Lipinski definition) is 0. The van der Waals surface area contributed by atoms with E-state index in [0.717, 1.165) is 11.3 Å². The van der Waals surface area contributed by atoms with Gasteiger partial charge in [-0.25, -0.2) is 0 Å². The minimum atomic E-state index is -0.802. The minimum Gasteiger partial charge on any atom is -0.335 e. The molecule has 1 aromatic rings. The standard InChI is InChI=1S/C14H21NO3/c1-11(12-9-7-6-8-10-12)15-18-13(16-5)17-14(2,3)4/h6-10,13H,1-5H3/b15-11+. The number of ether oxygens (including phenoxy) is 2. The SMILES string of the molecule is COC(O/N=C(\C)c1ccccc1)OC(C)(C)C. The number of nitrogens with zero attached hydrogens (tertiary/aromatic N) is 1. The number of hydrogen-bond acceptors (Lipinski definition) is 4. The third-order valence-corrected chi connectivity index (χ3v) is 2.11. The maximum atomic E-state index is 5.52. The molecule has 0 heterocycles. The molecule has 0 saturated carbocycles. The van der Waals surface area contributed by atoms with Crippen LogP contribution in [0.2, 0.25) is 0 Å². The lowest BCUT2D eigenvalue weighted by molar-refractivity contribution is -0.310. The van der Waals surface area contributed by atoms with Crippen molar-refractivity contribution in [2.45, 2.75) is 39.8 Å². The molecule has 4 heteroatoms. The summed E-state index contributed by atoms with van der Waals surface area (Å²) in [5.41, 5.74) is 1.43. The molecular formula is C14H21NO3. The van der Waals surface area contributed by atoms with E-state index in [-0.39, 0.29) is 5.60 Å². The Morgan fingerprint density at radius 2 is 1.78 bits per heavy atom. The molecule has 100 valence electrons. The first-order valence-electron chi connectivity index (χ1n) is 5.89. The van der Waals surface area contributed by atoms with Crippen LogP contribution in [0.1, 0.15) is 33.3 Å². The van der Waals surface area contributed by atoms with Gasteiger partial charge in [0.05, 0.1) is 11.3 Å². The monoisotopic (exact) mass is 251 g/mol. The maximum absolute atomic E-state index is 5.52. The summed E-state index contributed by atoms with van der Waals surface area (Å²) in [6.07, 6.45) is 0. The Morgan fingerprint density at radius 3 is 2.28 bits per heavy atom. The average Bonchev–Trinajstić information content (AvgIpc) is 2.33. The van der Waals surface area contributed by atoms with Crippen LogP contribution in [0.4, 0.5) is 0 Å². The van der Waals surface area contributed by atoms with Gasteiger partial charge in [0.2, 0.25) is 0 Å². The average molecular weight is 251 g/mol. The first-order valence-corrected chi connectivity index (χ1v) is 5.89. The summed E-state index contributed by atoms with van der Waals surface area (Å²) in [4.78, 5) is 5.23. The van der Waals surface area contributed by atoms with E-state index in [1.165, 1.54) is 7.11 Å². The molecule has 18 heavy (non-hydrogen) atoms. The lowest BCUT2D eigenvalue weighted by atomic mass is 10.1. The van der Waals surface area contributed by atoms with Gasteiger partial charge in [0.25, 0.3) is 0 Å². The molecular weight excluding hydrogens is 230 g/mol. The molecule has 1 aromatic carbocycles. The Balaban J connectivity index is 2.61. The fourth-order valence-electron chi connectivity index (χ4n) is 1.26. The van der Waals surface area contributed by atoms with Crippen LogP contribution >= 0.6 is 0 Å². The molecule has 0 saturated heterocycles. The van der Waals surface area contributed by atoms with Gasteiger partial charge in [-0.1, -0.05) is 35.5 Å². The van der Waals surface area contributed by atoms with Crippen molar-refractivity contribution in [1.82, 2.24) is 0 Å². The van der Waals surface area contributed by atoms with Crippen molar-refractivity contribution in [3.63, 3.8) is 0 Å². The molecule has 0 radical (unpaired) electrons. The van der Waals surface area contributed by atoms with E-state index < -0.39 is 6.48 Å². The van der Waals surface area contributed by atoms with Crippen molar-refractivity contribution >= 4 is 5.71 Å². The molecule has 0 aliphatic carbocycles. The molecule has 0 fully saturated rings. The molecule has 0 aliphatic rings. The van der Waals surface area contributed by atoms with E-state index in [2.05, 4.69) is 5.16 Å². The number of benzene rings is 1. The highest BCUT2D eigenvalue weighted by Gasteiger charge is 2.19. The largest absolute Gasteiger partial charge is 0.339 e. The number of methoxy groups -OCH3 is 1. The number of rotatable bonds is 5. The quantitative estimate of drug-likeness (QED) is 0.458. The Morgan fingerprint density at radius 1 is 1.17 bits per heavy atom. The molecule has 0 amide bonds. The van der Waals surface area contributed by atoms with Gasteiger partial charge < -0.3 is 14.3 Å². The zero-order valence-electron chi connectivity index (χ0n) is 11.6. The Hall–Kier alpha value is -1.39. The first kappa shape index (κ1) is 14.7. The molecule has 1 rings (SSSR count). The van der Waals surface area contributed by atoms with E-state index in [1.54, 1.807) is 0 Å². The molecule has 0 N–H and O–H groups in total. The Kier molecular flexibility index (Phi) is 5.31. The van der Waals surface area contributed by atoms with Crippen molar-refractivity contribution in [3.05, 3.63) is 35.9 Å². The summed E-state index contributed by atoms with van der Waals surface area (Å²) in [7, 11) is 1.52. The third kappa shape index (κ3) is 5.29. The van der Waals surface area contributed by atoms with Crippen LogP contribution in [0, 0.1) is 0 Å². The van der Waals surface area contributed by atoms with Crippen molar-refractivity contribution < 1.29 is 14.3 Å². The summed E-state index contributed by atoms with van der Waals surface area (Å²) in [5.74, 6) is 0. The van der Waals surface area contributed by atoms with E-state index in [0.29, 0.717) is 0 Å². The fraction of sp³-hybridized carbons (Fsp3) is 0.500. The van der Waals surface area contributed by atoms with Gasteiger partial charge in [0, 0.05) is 7.11 Å². The molecule has 1 unspecified atom stereocenters. The second-order valence-electron chi connectivity index (χ2n) is 4.90. The summed E-state index contributed by atoms with van der Waals surface area (Å²) < 4.78 is 10.6. The third-order valence-electron chi connectivity index (χ3n) is 2.11. The van der Waals surface area contributed by atoms with Crippen LogP contribution in [0.3, 0.4) is 0 Å². The van der Waals surface area contributed by atoms with E-state index >= 15 is 0 Å². The van der Waals surface area contributed by atoms with Crippen molar-refractivity contribution in [1.29, 1.82) is 0 Å². The smallest absolute Gasteiger partial charge is 0.335 e. The van der Waals surface area contributed by atoms with Crippen LogP contribution in [0.5, 0.6) is 0 Å². The normalized spacial score (nSPS) is 14.4. The fourth-order valence-corrected chi connectivity index (χ4v) is 1.26. The Bertz CT molecular complexity index is 382. The van der Waals surface area contributed by atoms with Gasteiger partial charge >= 0.3 is 6.48 Å². The highest BCUT2D eigenvalue weighted by atomic mass is 16.9. The van der Waals surface area contributed by atoms with Crippen LogP contribution in [0.15, 0.2) is 35.5 Å². The second-order valence-corrected chi connectivity index (χ2v) is 4.90. The molecule has 0 aromatic heterocycles. The minimum absolute atomic E-state index is 0.350. The summed E-state index contributed by atoms with van der Waals surface area (Å²) in [5, 5.41) is 4.02. The van der Waals surface area contributed by atoms with Crippen molar-refractivity contribution in [3.8, 4) is 0 Å². The Labute approximate surface area is 109 Å². The molecule has 4 nitrogen and oxygen atoms in total. The van der Waals surface area contributed by atoms with E-state index in [1.807, 2.05) is 58.0 Å². The van der Waals surface area contributed by atoms with Gasteiger partial charge in [0.15, 0.2) is 0 Å². The van der Waals surface area contributed by atoms with Crippen molar-refractivity contribution in [2.24, 2.45) is 5.16 Å². The van der Waals surface area contributed by atoms with Crippen LogP contribution < -0.4 is 0 Å². The van der Waals surface area contributed by atoms with E-state index in [9.17, 15) is 0 Å². The van der Waals surface area contributed by atoms with Gasteiger partial charge in [-0.15, -0.1) is 0 Å². The molecule has 0 bridgehead atoms. The lowest BCUT2D eigenvalue weighted by Crippen LogP contribution is -2.29. The highest BCUT2D eigenvalue weighted by Crippen LogP contribution is 2.13. The van der Waals surface area contributed by atoms with Crippen molar-refractivity contribution in [2.75, 3.05) is 7.11 Å². The summed E-state index contributed by atoms with van der Waals surface area (Å²) in [6, 6.07) is 9.79. The summed E-state index contributed by atoms with van der Waals surface area (Å²) >= 11 is 0. The molecule has 0 aliphatic heterocycles. The molecule has 0 spiro atoms. The van der Waals surface area contributed by atoms with Crippen LogP contribution in [0.25, 0.3) is 0 Å². The van der Waals surface area contributed by atoms with Crippen LogP contribution in [-0.2, 0) is 14.3 Å². The topological polar surface area (TPSA) is 40.0 Å². The number of oxime groups is 1.